The first-order valence-electron chi connectivity index (χ1n) is 5.41. The monoisotopic (exact) mass is 196 g/mol. The summed E-state index contributed by atoms with van der Waals surface area (Å²) in [7, 11) is 0. The van der Waals surface area contributed by atoms with E-state index in [9.17, 15) is 4.79 Å². The topological polar surface area (TPSA) is 26.3 Å². The van der Waals surface area contributed by atoms with Gasteiger partial charge in [-0.15, -0.1) is 0 Å². The number of rotatable bonds is 3. The molecule has 0 bridgehead atoms. The van der Waals surface area contributed by atoms with Gasteiger partial charge in [0.25, 0.3) is 0 Å². The molecule has 0 N–H and O–H groups in total. The third-order valence-electron chi connectivity index (χ3n) is 2.94. The first-order chi connectivity index (χ1) is 6.56. The minimum absolute atomic E-state index is 0.104. The summed E-state index contributed by atoms with van der Waals surface area (Å²) in [5.74, 6) is -0.104. The van der Waals surface area contributed by atoms with Crippen LogP contribution in [0.25, 0.3) is 0 Å². The van der Waals surface area contributed by atoms with Crippen LogP contribution in [0.4, 0.5) is 0 Å². The molecule has 0 saturated carbocycles. The van der Waals surface area contributed by atoms with Gasteiger partial charge in [-0.3, -0.25) is 4.79 Å². The van der Waals surface area contributed by atoms with Gasteiger partial charge in [0.2, 0.25) is 0 Å². The van der Waals surface area contributed by atoms with Crippen molar-refractivity contribution in [2.45, 2.75) is 46.5 Å². The van der Waals surface area contributed by atoms with Gasteiger partial charge in [-0.1, -0.05) is 26.8 Å². The van der Waals surface area contributed by atoms with Crippen LogP contribution in [0.15, 0.2) is 11.6 Å². The van der Waals surface area contributed by atoms with E-state index in [2.05, 4.69) is 19.9 Å². The lowest BCUT2D eigenvalue weighted by molar-refractivity contribution is -0.142. The standard InChI is InChI=1S/C12H20O2/c1-4-11(13)14-9-10-7-5-6-8-12(10,2)3/h7H,4-6,8-9H2,1-3H3. The molecule has 2 heteroatoms. The molecule has 0 fully saturated rings. The summed E-state index contributed by atoms with van der Waals surface area (Å²) in [6.45, 7) is 6.75. The molecule has 0 aromatic rings. The van der Waals surface area contributed by atoms with Gasteiger partial charge in [0, 0.05) is 6.42 Å². The third kappa shape index (κ3) is 2.86. The molecular weight excluding hydrogens is 176 g/mol. The molecule has 1 rings (SSSR count). The zero-order valence-corrected chi connectivity index (χ0v) is 9.43. The molecule has 80 valence electrons. The van der Waals surface area contributed by atoms with Crippen molar-refractivity contribution in [1.29, 1.82) is 0 Å². The molecule has 14 heavy (non-hydrogen) atoms. The number of hydrogen-bond donors (Lipinski definition) is 0. The van der Waals surface area contributed by atoms with E-state index >= 15 is 0 Å². The SMILES string of the molecule is CCC(=O)OCC1=CCCCC1(C)C. The lowest BCUT2D eigenvalue weighted by Crippen LogP contribution is -2.22. The van der Waals surface area contributed by atoms with E-state index in [-0.39, 0.29) is 11.4 Å². The van der Waals surface area contributed by atoms with Gasteiger partial charge in [0.15, 0.2) is 0 Å². The summed E-state index contributed by atoms with van der Waals surface area (Å²) in [5, 5.41) is 0. The summed E-state index contributed by atoms with van der Waals surface area (Å²) in [5.41, 5.74) is 1.50. The van der Waals surface area contributed by atoms with E-state index in [1.54, 1.807) is 0 Å². The van der Waals surface area contributed by atoms with Gasteiger partial charge in [-0.25, -0.2) is 0 Å². The Hall–Kier alpha value is -0.790. The molecular formula is C12H20O2. The fourth-order valence-electron chi connectivity index (χ4n) is 1.77. The predicted molar refractivity (Wildman–Crippen MR) is 57.0 cm³/mol. The molecule has 0 amide bonds. The van der Waals surface area contributed by atoms with E-state index in [1.165, 1.54) is 18.4 Å². The van der Waals surface area contributed by atoms with Crippen molar-refractivity contribution in [3.8, 4) is 0 Å². The van der Waals surface area contributed by atoms with Crippen LogP contribution in [0, 0.1) is 5.41 Å². The van der Waals surface area contributed by atoms with Crippen LogP contribution < -0.4 is 0 Å². The van der Waals surface area contributed by atoms with Crippen molar-refractivity contribution in [1.82, 2.24) is 0 Å². The third-order valence-corrected chi connectivity index (χ3v) is 2.94. The zero-order valence-electron chi connectivity index (χ0n) is 9.43. The van der Waals surface area contributed by atoms with Crippen LogP contribution in [0.5, 0.6) is 0 Å². The maximum absolute atomic E-state index is 11.0. The van der Waals surface area contributed by atoms with Crippen LogP contribution in [0.3, 0.4) is 0 Å². The quantitative estimate of drug-likeness (QED) is 0.512. The Balaban J connectivity index is 2.50. The molecule has 0 aliphatic heterocycles. The van der Waals surface area contributed by atoms with Gasteiger partial charge in [0.05, 0.1) is 0 Å². The maximum Gasteiger partial charge on any atom is 0.305 e. The van der Waals surface area contributed by atoms with Crippen molar-refractivity contribution in [2.75, 3.05) is 6.61 Å². The van der Waals surface area contributed by atoms with Crippen LogP contribution >= 0.6 is 0 Å². The fraction of sp³-hybridized carbons (Fsp3) is 0.750. The molecule has 0 spiro atoms. The molecule has 0 radical (unpaired) electrons. The molecule has 2 nitrogen and oxygen atoms in total. The molecule has 0 atom stereocenters. The highest BCUT2D eigenvalue weighted by molar-refractivity contribution is 5.69. The number of carbonyl (C=O) groups is 1. The number of ether oxygens (including phenoxy) is 1. The van der Waals surface area contributed by atoms with E-state index < -0.39 is 0 Å². The summed E-state index contributed by atoms with van der Waals surface area (Å²) in [4.78, 5) is 11.0. The van der Waals surface area contributed by atoms with Crippen molar-refractivity contribution in [3.63, 3.8) is 0 Å². The Kier molecular flexibility index (Phi) is 3.73. The Morgan fingerprint density at radius 3 is 2.86 bits per heavy atom. The second-order valence-corrected chi connectivity index (χ2v) is 4.52. The molecule has 0 saturated heterocycles. The zero-order chi connectivity index (χ0) is 10.6. The van der Waals surface area contributed by atoms with Gasteiger partial charge in [-0.2, -0.15) is 0 Å². The summed E-state index contributed by atoms with van der Waals surface area (Å²) in [6.07, 6.45) is 6.27. The van der Waals surface area contributed by atoms with E-state index in [1.807, 2.05) is 6.92 Å². The highest BCUT2D eigenvalue weighted by Crippen LogP contribution is 2.36. The van der Waals surface area contributed by atoms with Crippen molar-refractivity contribution in [3.05, 3.63) is 11.6 Å². The lowest BCUT2D eigenvalue weighted by Gasteiger charge is -2.31. The first-order valence-corrected chi connectivity index (χ1v) is 5.41. The smallest absolute Gasteiger partial charge is 0.305 e. The summed E-state index contributed by atoms with van der Waals surface area (Å²) >= 11 is 0. The Labute approximate surface area is 86.3 Å². The Morgan fingerprint density at radius 1 is 1.57 bits per heavy atom. The van der Waals surface area contributed by atoms with Crippen LogP contribution in [0.2, 0.25) is 0 Å². The average molecular weight is 196 g/mol. The summed E-state index contributed by atoms with van der Waals surface area (Å²) in [6, 6.07) is 0. The van der Waals surface area contributed by atoms with Crippen LogP contribution in [-0.2, 0) is 9.53 Å². The summed E-state index contributed by atoms with van der Waals surface area (Å²) < 4.78 is 5.16. The van der Waals surface area contributed by atoms with Gasteiger partial charge < -0.3 is 4.74 Å². The first kappa shape index (κ1) is 11.3. The van der Waals surface area contributed by atoms with Gasteiger partial charge >= 0.3 is 5.97 Å². The Bertz CT molecular complexity index is 239. The minimum atomic E-state index is -0.104. The average Bonchev–Trinajstić information content (AvgIpc) is 2.15. The van der Waals surface area contributed by atoms with Crippen molar-refractivity contribution >= 4 is 5.97 Å². The second kappa shape index (κ2) is 4.63. The largest absolute Gasteiger partial charge is 0.461 e. The highest BCUT2D eigenvalue weighted by Gasteiger charge is 2.26. The molecule has 0 unspecified atom stereocenters. The number of esters is 1. The molecule has 0 aromatic carbocycles. The van der Waals surface area contributed by atoms with Crippen molar-refractivity contribution in [2.24, 2.45) is 5.41 Å². The molecule has 1 aliphatic carbocycles. The fourth-order valence-corrected chi connectivity index (χ4v) is 1.77. The molecule has 0 heterocycles. The van der Waals surface area contributed by atoms with E-state index in [0.29, 0.717) is 13.0 Å². The van der Waals surface area contributed by atoms with Gasteiger partial charge in [-0.05, 0) is 30.3 Å². The Morgan fingerprint density at radius 2 is 2.29 bits per heavy atom. The van der Waals surface area contributed by atoms with E-state index in [0.717, 1.165) is 6.42 Å². The molecule has 1 aliphatic rings. The van der Waals surface area contributed by atoms with Crippen molar-refractivity contribution < 1.29 is 9.53 Å². The maximum atomic E-state index is 11.0. The number of carbonyl (C=O) groups excluding carboxylic acids is 1. The normalized spacial score (nSPS) is 20.1. The predicted octanol–water partition coefficient (Wildman–Crippen LogP) is 3.08. The van der Waals surface area contributed by atoms with Crippen LogP contribution in [-0.4, -0.2) is 12.6 Å². The molecule has 0 aromatic heterocycles. The van der Waals surface area contributed by atoms with Gasteiger partial charge in [0.1, 0.15) is 6.61 Å². The number of allylic oxidation sites excluding steroid dienone is 1. The second-order valence-electron chi connectivity index (χ2n) is 4.52. The lowest BCUT2D eigenvalue weighted by atomic mass is 9.76. The number of hydrogen-bond acceptors (Lipinski definition) is 2. The van der Waals surface area contributed by atoms with E-state index in [4.69, 9.17) is 4.74 Å². The van der Waals surface area contributed by atoms with Crippen LogP contribution in [0.1, 0.15) is 46.5 Å². The minimum Gasteiger partial charge on any atom is -0.461 e. The highest BCUT2D eigenvalue weighted by atomic mass is 16.5.